The van der Waals surface area contributed by atoms with Crippen LogP contribution in [-0.2, 0) is 19.6 Å². The highest BCUT2D eigenvalue weighted by atomic mass is 32.2. The van der Waals surface area contributed by atoms with Gasteiger partial charge >= 0.3 is 0 Å². The lowest BCUT2D eigenvalue weighted by molar-refractivity contribution is -0.146. The van der Waals surface area contributed by atoms with Crippen molar-refractivity contribution in [3.8, 4) is 0 Å². The van der Waals surface area contributed by atoms with Gasteiger partial charge in [-0.25, -0.2) is 12.7 Å². The number of amides is 2. The smallest absolute Gasteiger partial charge is 0.242 e. The van der Waals surface area contributed by atoms with Gasteiger partial charge in [0.15, 0.2) is 0 Å². The fraction of sp³-hybridized carbons (Fsp3) is 0.833. The molecule has 1 N–H and O–H groups in total. The molecule has 2 aliphatic rings. The molecule has 0 bridgehead atoms. The maximum atomic E-state index is 12.5. The molecule has 0 saturated carbocycles. The second-order valence-corrected chi connectivity index (χ2v) is 7.44. The van der Waals surface area contributed by atoms with E-state index in [0.29, 0.717) is 32.5 Å². The van der Waals surface area contributed by atoms with Crippen LogP contribution >= 0.6 is 0 Å². The number of carbonyl (C=O) groups excluding carboxylic acids is 2. The fourth-order valence-corrected chi connectivity index (χ4v) is 3.67. The average Bonchev–Trinajstić information content (AvgIpc) is 2.40. The van der Waals surface area contributed by atoms with Crippen LogP contribution in [-0.4, -0.2) is 67.9 Å². The van der Waals surface area contributed by atoms with E-state index in [2.05, 4.69) is 5.32 Å². The first-order chi connectivity index (χ1) is 9.30. The molecule has 2 atom stereocenters. The molecule has 0 aromatic carbocycles. The standard InChI is InChI=1S/C12H21N3O4S/c1-9-11(16)13-5-7-15(9)12(17)10-4-3-6-14(8-10)20(2,18)19/h9-10H,3-8H2,1-2H3,(H,13,16). The van der Waals surface area contributed by atoms with Gasteiger partial charge in [-0.05, 0) is 19.8 Å². The van der Waals surface area contributed by atoms with E-state index in [0.717, 1.165) is 6.26 Å². The number of hydrogen-bond acceptors (Lipinski definition) is 4. The summed E-state index contributed by atoms with van der Waals surface area (Å²) in [6.45, 7) is 3.34. The summed E-state index contributed by atoms with van der Waals surface area (Å²) in [7, 11) is -3.26. The molecule has 20 heavy (non-hydrogen) atoms. The number of carbonyl (C=O) groups is 2. The predicted molar refractivity (Wildman–Crippen MR) is 73.3 cm³/mol. The topological polar surface area (TPSA) is 86.8 Å². The molecule has 0 aromatic rings. The molecule has 2 unspecified atom stereocenters. The van der Waals surface area contributed by atoms with E-state index < -0.39 is 16.1 Å². The molecule has 0 aromatic heterocycles. The first-order valence-corrected chi connectivity index (χ1v) is 8.69. The molecule has 0 radical (unpaired) electrons. The van der Waals surface area contributed by atoms with Crippen LogP contribution in [0.1, 0.15) is 19.8 Å². The molecule has 8 heteroatoms. The molecule has 2 amide bonds. The fourth-order valence-electron chi connectivity index (χ4n) is 2.76. The number of hydrogen-bond donors (Lipinski definition) is 1. The summed E-state index contributed by atoms with van der Waals surface area (Å²) in [5.41, 5.74) is 0. The third-order valence-electron chi connectivity index (χ3n) is 3.98. The van der Waals surface area contributed by atoms with Crippen LogP contribution in [0, 0.1) is 5.92 Å². The van der Waals surface area contributed by atoms with Crippen molar-refractivity contribution in [3.05, 3.63) is 0 Å². The Bertz CT molecular complexity index is 505. The van der Waals surface area contributed by atoms with E-state index >= 15 is 0 Å². The zero-order valence-electron chi connectivity index (χ0n) is 11.8. The molecule has 2 aliphatic heterocycles. The van der Waals surface area contributed by atoms with E-state index in [9.17, 15) is 18.0 Å². The van der Waals surface area contributed by atoms with Gasteiger partial charge < -0.3 is 10.2 Å². The number of nitrogens with one attached hydrogen (secondary N) is 1. The zero-order valence-corrected chi connectivity index (χ0v) is 12.6. The predicted octanol–water partition coefficient (Wildman–Crippen LogP) is -0.995. The maximum absolute atomic E-state index is 12.5. The maximum Gasteiger partial charge on any atom is 0.242 e. The van der Waals surface area contributed by atoms with Gasteiger partial charge in [-0.1, -0.05) is 0 Å². The van der Waals surface area contributed by atoms with E-state index in [1.54, 1.807) is 11.8 Å². The van der Waals surface area contributed by atoms with Gasteiger partial charge in [-0.2, -0.15) is 0 Å². The van der Waals surface area contributed by atoms with Gasteiger partial charge in [0.2, 0.25) is 21.8 Å². The van der Waals surface area contributed by atoms with Crippen LogP contribution in [0.15, 0.2) is 0 Å². The molecular weight excluding hydrogens is 282 g/mol. The van der Waals surface area contributed by atoms with Gasteiger partial charge in [0.1, 0.15) is 6.04 Å². The third kappa shape index (κ3) is 3.12. The molecule has 0 spiro atoms. The highest BCUT2D eigenvalue weighted by Gasteiger charge is 2.36. The Balaban J connectivity index is 2.07. The second-order valence-electron chi connectivity index (χ2n) is 5.46. The molecule has 0 aliphatic carbocycles. The van der Waals surface area contributed by atoms with Crippen molar-refractivity contribution >= 4 is 21.8 Å². The molecule has 7 nitrogen and oxygen atoms in total. The van der Waals surface area contributed by atoms with Gasteiger partial charge in [0, 0.05) is 26.2 Å². The van der Waals surface area contributed by atoms with Crippen LogP contribution < -0.4 is 5.32 Å². The lowest BCUT2D eigenvalue weighted by Gasteiger charge is -2.38. The van der Waals surface area contributed by atoms with E-state index in [1.165, 1.54) is 4.31 Å². The number of sulfonamides is 1. The number of nitrogens with zero attached hydrogens (tertiary/aromatic N) is 2. The lowest BCUT2D eigenvalue weighted by Crippen LogP contribution is -2.58. The Kier molecular flexibility index (Phi) is 4.33. The summed E-state index contributed by atoms with van der Waals surface area (Å²) >= 11 is 0. The summed E-state index contributed by atoms with van der Waals surface area (Å²) < 4.78 is 24.5. The molecule has 114 valence electrons. The first-order valence-electron chi connectivity index (χ1n) is 6.84. The minimum absolute atomic E-state index is 0.110. The van der Waals surface area contributed by atoms with Gasteiger partial charge in [0.05, 0.1) is 12.2 Å². The summed E-state index contributed by atoms with van der Waals surface area (Å²) in [4.78, 5) is 25.7. The number of rotatable bonds is 2. The largest absolute Gasteiger partial charge is 0.353 e. The Labute approximate surface area is 119 Å². The van der Waals surface area contributed by atoms with Gasteiger partial charge in [0.25, 0.3) is 0 Å². The van der Waals surface area contributed by atoms with Crippen LogP contribution in [0.25, 0.3) is 0 Å². The summed E-state index contributed by atoms with van der Waals surface area (Å²) in [5, 5.41) is 2.71. The molecule has 2 saturated heterocycles. The minimum atomic E-state index is -3.26. The highest BCUT2D eigenvalue weighted by Crippen LogP contribution is 2.22. The Morgan fingerprint density at radius 2 is 2.05 bits per heavy atom. The Morgan fingerprint density at radius 1 is 1.35 bits per heavy atom. The van der Waals surface area contributed by atoms with Crippen molar-refractivity contribution < 1.29 is 18.0 Å². The van der Waals surface area contributed by atoms with Crippen molar-refractivity contribution in [1.29, 1.82) is 0 Å². The number of piperazine rings is 1. The van der Waals surface area contributed by atoms with Crippen LogP contribution in [0.5, 0.6) is 0 Å². The number of piperidine rings is 1. The summed E-state index contributed by atoms with van der Waals surface area (Å²) in [5.74, 6) is -0.604. The van der Waals surface area contributed by atoms with Crippen LogP contribution in [0.2, 0.25) is 0 Å². The van der Waals surface area contributed by atoms with Crippen LogP contribution in [0.4, 0.5) is 0 Å². The lowest BCUT2D eigenvalue weighted by atomic mass is 9.97. The van der Waals surface area contributed by atoms with Crippen molar-refractivity contribution in [2.75, 3.05) is 32.4 Å². The van der Waals surface area contributed by atoms with Gasteiger partial charge in [-0.3, -0.25) is 9.59 Å². The second kappa shape index (κ2) is 5.69. The van der Waals surface area contributed by atoms with Crippen molar-refractivity contribution in [1.82, 2.24) is 14.5 Å². The first kappa shape index (κ1) is 15.2. The Hall–Kier alpha value is -1.15. The zero-order chi connectivity index (χ0) is 14.9. The van der Waals surface area contributed by atoms with Gasteiger partial charge in [-0.15, -0.1) is 0 Å². The van der Waals surface area contributed by atoms with E-state index in [1.807, 2.05) is 0 Å². The van der Waals surface area contributed by atoms with Crippen LogP contribution in [0.3, 0.4) is 0 Å². The summed E-state index contributed by atoms with van der Waals surface area (Å²) in [6, 6.07) is -0.482. The SMILES string of the molecule is CC1C(=O)NCCN1C(=O)C1CCCN(S(C)(=O)=O)C1. The average molecular weight is 303 g/mol. The molecule has 2 rings (SSSR count). The highest BCUT2D eigenvalue weighted by molar-refractivity contribution is 7.88. The van der Waals surface area contributed by atoms with E-state index in [4.69, 9.17) is 0 Å². The normalized spacial score (nSPS) is 29.1. The Morgan fingerprint density at radius 3 is 2.70 bits per heavy atom. The molecule has 2 fully saturated rings. The quantitative estimate of drug-likeness (QED) is 0.709. The third-order valence-corrected chi connectivity index (χ3v) is 5.25. The minimum Gasteiger partial charge on any atom is -0.353 e. The molecular formula is C12H21N3O4S. The van der Waals surface area contributed by atoms with Crippen molar-refractivity contribution in [3.63, 3.8) is 0 Å². The summed E-state index contributed by atoms with van der Waals surface area (Å²) in [6.07, 6.45) is 2.52. The van der Waals surface area contributed by atoms with E-state index in [-0.39, 0.29) is 24.3 Å². The molecule has 2 heterocycles. The monoisotopic (exact) mass is 303 g/mol. The van der Waals surface area contributed by atoms with Crippen molar-refractivity contribution in [2.24, 2.45) is 5.92 Å². The van der Waals surface area contributed by atoms with Crippen molar-refractivity contribution in [2.45, 2.75) is 25.8 Å².